The fraction of sp³-hybridized carbons (Fsp3) is 0.576. The number of halogens is 1. The molecule has 0 aliphatic rings. The standard InChI is InChI=1S/C33H50N2O4.HI/c1-5-8-9-10-11-12-13-14-15-18-26-38-31-20-17-16-19-30(31)32(36)34-29-23-21-28(22-24-29)33(37)39-27-25-35(4,6-2)7-3;/h16-17,19-24H,5-15,18,25-27H2,1-4H3;1H. The molecule has 6 nitrogen and oxygen atoms in total. The Morgan fingerprint density at radius 3 is 1.98 bits per heavy atom. The maximum Gasteiger partial charge on any atom is 0.338 e. The summed E-state index contributed by atoms with van der Waals surface area (Å²) < 4.78 is 12.3. The fourth-order valence-corrected chi connectivity index (χ4v) is 4.37. The molecule has 0 heterocycles. The summed E-state index contributed by atoms with van der Waals surface area (Å²) in [6.07, 6.45) is 12.7. The smallest absolute Gasteiger partial charge is 0.338 e. The Hall–Kier alpha value is -2.13. The normalized spacial score (nSPS) is 11.7. The Kier molecular flexibility index (Phi) is 18.6. The van der Waals surface area contributed by atoms with Crippen LogP contribution in [0.3, 0.4) is 0 Å². The van der Waals surface area contributed by atoms with Crippen molar-refractivity contribution in [3.63, 3.8) is 0 Å². The largest absolute Gasteiger partial charge is 0.858 e. The molecular formula is C33H51IN2O4. The van der Waals surface area contributed by atoms with Gasteiger partial charge in [0.25, 0.3) is 0 Å². The number of esters is 1. The first-order valence-corrected chi connectivity index (χ1v) is 15.0. The predicted octanol–water partition coefficient (Wildman–Crippen LogP) is 7.69. The highest BCUT2D eigenvalue weighted by Crippen LogP contribution is 2.21. The molecule has 0 unspecified atom stereocenters. The van der Waals surface area contributed by atoms with Gasteiger partial charge >= 0.3 is 5.97 Å². The molecule has 2 aromatic carbocycles. The van der Waals surface area contributed by atoms with Gasteiger partial charge in [0, 0.05) is 5.56 Å². The van der Waals surface area contributed by atoms with Crippen molar-refractivity contribution in [3.8, 4) is 5.75 Å². The molecular weight excluding hydrogens is 615 g/mol. The number of hydrogen-bond acceptors (Lipinski definition) is 5. The van der Waals surface area contributed by atoms with Gasteiger partial charge in [-0.15, -0.1) is 24.0 Å². The number of aliphatic imine (C=N–C) groups is 1. The Labute approximate surface area is 259 Å². The number of hydrogen-bond donors (Lipinski definition) is 0. The van der Waals surface area contributed by atoms with Gasteiger partial charge in [-0.05, 0) is 56.5 Å². The lowest BCUT2D eigenvalue weighted by Gasteiger charge is -2.31. The van der Waals surface area contributed by atoms with E-state index in [0.717, 1.165) is 37.0 Å². The topological polar surface area (TPSA) is 71.0 Å². The first-order valence-electron chi connectivity index (χ1n) is 15.0. The van der Waals surface area contributed by atoms with Crippen LogP contribution in [0.4, 0.5) is 5.69 Å². The first kappa shape index (κ1) is 35.9. The summed E-state index contributed by atoms with van der Waals surface area (Å²) in [5.41, 5.74) is 1.38. The minimum absolute atomic E-state index is 0. The van der Waals surface area contributed by atoms with Crippen molar-refractivity contribution in [2.75, 3.05) is 39.9 Å². The van der Waals surface area contributed by atoms with Crippen molar-refractivity contribution >= 4 is 41.5 Å². The number of carbonyl (C=O) groups is 1. The second-order valence-electron chi connectivity index (χ2n) is 10.6. The van der Waals surface area contributed by atoms with Gasteiger partial charge in [-0.2, -0.15) is 0 Å². The van der Waals surface area contributed by atoms with Crippen molar-refractivity contribution in [1.29, 1.82) is 0 Å². The van der Waals surface area contributed by atoms with Crippen molar-refractivity contribution in [2.45, 2.75) is 85.0 Å². The van der Waals surface area contributed by atoms with Crippen LogP contribution in [0.1, 0.15) is 101 Å². The Morgan fingerprint density at radius 1 is 0.800 bits per heavy atom. The number of rotatable bonds is 20. The number of quaternary nitrogens is 1. The van der Waals surface area contributed by atoms with Crippen LogP contribution < -0.4 is 9.84 Å². The van der Waals surface area contributed by atoms with E-state index in [0.29, 0.717) is 35.8 Å². The lowest BCUT2D eigenvalue weighted by atomic mass is 10.1. The zero-order chi connectivity index (χ0) is 28.3. The van der Waals surface area contributed by atoms with E-state index in [-0.39, 0.29) is 35.8 Å². The lowest BCUT2D eigenvalue weighted by Crippen LogP contribution is -2.46. The van der Waals surface area contributed by atoms with Gasteiger partial charge in [-0.1, -0.05) is 82.9 Å². The molecule has 0 bridgehead atoms. The van der Waals surface area contributed by atoms with Gasteiger partial charge in [0.15, 0.2) is 0 Å². The molecule has 0 saturated heterocycles. The van der Waals surface area contributed by atoms with Crippen molar-refractivity contribution < 1.29 is 23.9 Å². The zero-order valence-corrected chi connectivity index (χ0v) is 27.5. The summed E-state index contributed by atoms with van der Waals surface area (Å²) in [5, 5.41) is 12.9. The molecule has 0 aliphatic carbocycles. The average molecular weight is 667 g/mol. The molecule has 7 heteroatoms. The molecule has 0 spiro atoms. The molecule has 224 valence electrons. The molecule has 2 aromatic rings. The summed E-state index contributed by atoms with van der Waals surface area (Å²) in [5.74, 6) is -0.163. The highest BCUT2D eigenvalue weighted by molar-refractivity contribution is 14.0. The molecule has 2 rings (SSSR count). The van der Waals surface area contributed by atoms with E-state index in [1.165, 1.54) is 51.4 Å². The summed E-state index contributed by atoms with van der Waals surface area (Å²) >= 11 is 0. The molecule has 0 N–H and O–H groups in total. The third-order valence-electron chi connectivity index (χ3n) is 7.60. The Bertz CT molecular complexity index is 990. The molecule has 0 aromatic heterocycles. The minimum Gasteiger partial charge on any atom is -0.858 e. The van der Waals surface area contributed by atoms with Crippen molar-refractivity contribution in [1.82, 2.24) is 0 Å². The predicted molar refractivity (Wildman–Crippen MR) is 174 cm³/mol. The molecule has 0 fully saturated rings. The van der Waals surface area contributed by atoms with Crippen LogP contribution in [-0.2, 0) is 4.74 Å². The van der Waals surface area contributed by atoms with Crippen LogP contribution in [-0.4, -0.2) is 56.2 Å². The molecule has 0 atom stereocenters. The van der Waals surface area contributed by atoms with Crippen LogP contribution in [0.2, 0.25) is 0 Å². The second-order valence-corrected chi connectivity index (χ2v) is 10.6. The zero-order valence-electron chi connectivity index (χ0n) is 25.2. The van der Waals surface area contributed by atoms with Gasteiger partial charge in [-0.25, -0.2) is 4.79 Å². The quantitative estimate of drug-likeness (QED) is 0.0363. The summed E-state index contributed by atoms with van der Waals surface area (Å²) in [6.45, 7) is 10.2. The second kappa shape index (κ2) is 20.7. The summed E-state index contributed by atoms with van der Waals surface area (Å²) in [6, 6.07) is 13.9. The van der Waals surface area contributed by atoms with E-state index in [9.17, 15) is 9.90 Å². The minimum atomic E-state index is -0.364. The number of ether oxygens (including phenoxy) is 2. The number of benzene rings is 2. The van der Waals surface area contributed by atoms with E-state index in [1.54, 1.807) is 30.3 Å². The van der Waals surface area contributed by atoms with E-state index in [4.69, 9.17) is 9.47 Å². The lowest BCUT2D eigenvalue weighted by molar-refractivity contribution is -0.906. The SMILES string of the molecule is CCCCCCCCCCCCOc1ccccc1C([O-])=Nc1ccc(C(=O)OCC[N+](C)(CC)CC)cc1.I. The Balaban J connectivity index is 0.00000800. The van der Waals surface area contributed by atoms with Crippen LogP contribution in [0.25, 0.3) is 0 Å². The number of unbranched alkanes of at least 4 members (excludes halogenated alkanes) is 9. The Morgan fingerprint density at radius 2 is 1.38 bits per heavy atom. The van der Waals surface area contributed by atoms with Crippen LogP contribution in [0.15, 0.2) is 53.5 Å². The highest BCUT2D eigenvalue weighted by atomic mass is 127. The third kappa shape index (κ3) is 13.5. The monoisotopic (exact) mass is 666 g/mol. The number of likely N-dealkylation sites (N-methyl/N-ethyl adjacent to an activating group) is 1. The summed E-state index contributed by atoms with van der Waals surface area (Å²) in [7, 11) is 2.16. The van der Waals surface area contributed by atoms with Gasteiger partial charge < -0.3 is 19.1 Å². The number of nitrogens with zero attached hydrogens (tertiary/aromatic N) is 2. The van der Waals surface area contributed by atoms with Gasteiger partial charge in [0.05, 0.1) is 38.0 Å². The molecule has 0 radical (unpaired) electrons. The fourth-order valence-electron chi connectivity index (χ4n) is 4.37. The van der Waals surface area contributed by atoms with Gasteiger partial charge in [0.1, 0.15) is 18.9 Å². The average Bonchev–Trinajstić information content (AvgIpc) is 2.96. The summed E-state index contributed by atoms with van der Waals surface area (Å²) in [4.78, 5) is 16.6. The maximum absolute atomic E-state index is 12.9. The van der Waals surface area contributed by atoms with Gasteiger partial charge in [0.2, 0.25) is 0 Å². The van der Waals surface area contributed by atoms with Crippen molar-refractivity contribution in [3.05, 3.63) is 59.7 Å². The van der Waals surface area contributed by atoms with Crippen molar-refractivity contribution in [2.24, 2.45) is 4.99 Å². The van der Waals surface area contributed by atoms with E-state index < -0.39 is 0 Å². The van der Waals surface area contributed by atoms with Crippen LogP contribution >= 0.6 is 24.0 Å². The number of para-hydroxylation sites is 1. The molecule has 0 saturated carbocycles. The third-order valence-corrected chi connectivity index (χ3v) is 7.60. The molecule has 0 amide bonds. The maximum atomic E-state index is 12.9. The highest BCUT2D eigenvalue weighted by Gasteiger charge is 2.17. The van der Waals surface area contributed by atoms with Crippen LogP contribution in [0, 0.1) is 0 Å². The van der Waals surface area contributed by atoms with E-state index in [1.807, 2.05) is 18.2 Å². The first-order chi connectivity index (χ1) is 18.9. The number of carbonyl (C=O) groups excluding carboxylic acids is 1. The van der Waals surface area contributed by atoms with Gasteiger partial charge in [-0.3, -0.25) is 4.99 Å². The molecule has 40 heavy (non-hydrogen) atoms. The van der Waals surface area contributed by atoms with E-state index >= 15 is 0 Å². The molecule has 0 aliphatic heterocycles. The van der Waals surface area contributed by atoms with E-state index in [2.05, 4.69) is 32.8 Å². The van der Waals surface area contributed by atoms with Crippen LogP contribution in [0.5, 0.6) is 5.75 Å².